The van der Waals surface area contributed by atoms with Gasteiger partial charge < -0.3 is 9.47 Å². The fourth-order valence-electron chi connectivity index (χ4n) is 0.831. The van der Waals surface area contributed by atoms with Crippen molar-refractivity contribution in [2.45, 2.75) is 37.7 Å². The van der Waals surface area contributed by atoms with Crippen LogP contribution in [0.3, 0.4) is 0 Å². The molecular formula is C9H14F6O6S. The number of hydrogen-bond acceptors (Lipinski definition) is 6. The monoisotopic (exact) mass is 364 g/mol. The van der Waals surface area contributed by atoms with Gasteiger partial charge in [0.2, 0.25) is 0 Å². The van der Waals surface area contributed by atoms with Gasteiger partial charge >= 0.3 is 28.1 Å². The van der Waals surface area contributed by atoms with Gasteiger partial charge in [-0.05, 0) is 6.42 Å². The molecule has 22 heavy (non-hydrogen) atoms. The summed E-state index contributed by atoms with van der Waals surface area (Å²) in [5.41, 5.74) is -5.95. The molecule has 0 fully saturated rings. The fraction of sp³-hybridized carbons (Fsp3) is 1.00. The van der Waals surface area contributed by atoms with E-state index in [0.717, 1.165) is 6.42 Å². The summed E-state index contributed by atoms with van der Waals surface area (Å²) >= 11 is 0. The maximum Gasteiger partial charge on any atom is 0.525 e. The van der Waals surface area contributed by atoms with Crippen LogP contribution >= 0.6 is 0 Å². The predicted octanol–water partition coefficient (Wildman–Crippen LogP) is 2.51. The zero-order valence-corrected chi connectivity index (χ0v) is 12.1. The SMILES string of the molecule is CCCCOCCOC(F)(F)C(F)OOS(=O)(=O)C(F)(F)F. The number of alkyl halides is 6. The third-order valence-electron chi connectivity index (χ3n) is 1.93. The Kier molecular flexibility index (Phi) is 8.61. The van der Waals surface area contributed by atoms with E-state index in [9.17, 15) is 34.8 Å². The maximum atomic E-state index is 12.9. The van der Waals surface area contributed by atoms with Crippen molar-refractivity contribution in [3.8, 4) is 0 Å². The molecule has 0 spiro atoms. The molecule has 1 unspecified atom stereocenters. The van der Waals surface area contributed by atoms with E-state index in [1.807, 2.05) is 6.92 Å². The Morgan fingerprint density at radius 3 is 2.14 bits per heavy atom. The number of ether oxygens (including phenoxy) is 2. The van der Waals surface area contributed by atoms with Gasteiger partial charge in [0.15, 0.2) is 0 Å². The van der Waals surface area contributed by atoms with Gasteiger partial charge in [-0.25, -0.2) is 4.39 Å². The summed E-state index contributed by atoms with van der Waals surface area (Å²) in [5.74, 6) is 0. The molecule has 0 amide bonds. The van der Waals surface area contributed by atoms with Crippen molar-refractivity contribution in [3.63, 3.8) is 0 Å². The number of halogens is 6. The van der Waals surface area contributed by atoms with E-state index < -0.39 is 34.7 Å². The van der Waals surface area contributed by atoms with E-state index in [1.54, 1.807) is 0 Å². The first kappa shape index (κ1) is 21.4. The lowest BCUT2D eigenvalue weighted by molar-refractivity contribution is -0.400. The summed E-state index contributed by atoms with van der Waals surface area (Å²) in [4.78, 5) is 2.90. The van der Waals surface area contributed by atoms with Crippen LogP contribution in [-0.2, 0) is 28.8 Å². The smallest absolute Gasteiger partial charge is 0.379 e. The summed E-state index contributed by atoms with van der Waals surface area (Å²) < 4.78 is 106. The van der Waals surface area contributed by atoms with Crippen LogP contribution in [0.5, 0.6) is 0 Å². The second-order valence-electron chi connectivity index (χ2n) is 3.76. The molecule has 0 aliphatic rings. The highest BCUT2D eigenvalue weighted by atomic mass is 32.2. The second-order valence-corrected chi connectivity index (χ2v) is 5.26. The number of unbranched alkanes of at least 4 members (excludes halogenated alkanes) is 1. The van der Waals surface area contributed by atoms with Crippen LogP contribution in [0.15, 0.2) is 0 Å². The van der Waals surface area contributed by atoms with E-state index >= 15 is 0 Å². The summed E-state index contributed by atoms with van der Waals surface area (Å²) in [6.07, 6.45) is -7.16. The third kappa shape index (κ3) is 7.58. The predicted molar refractivity (Wildman–Crippen MR) is 58.7 cm³/mol. The first-order valence-electron chi connectivity index (χ1n) is 5.84. The van der Waals surface area contributed by atoms with Crippen molar-refractivity contribution >= 4 is 10.1 Å². The van der Waals surface area contributed by atoms with E-state index in [0.29, 0.717) is 6.42 Å². The lowest BCUT2D eigenvalue weighted by Crippen LogP contribution is -2.38. The second kappa shape index (κ2) is 8.86. The molecule has 0 saturated carbocycles. The summed E-state index contributed by atoms with van der Waals surface area (Å²) in [6.45, 7) is 0.985. The third-order valence-corrected chi connectivity index (χ3v) is 2.75. The van der Waals surface area contributed by atoms with Gasteiger partial charge in [-0.3, -0.25) is 0 Å². The molecule has 0 rings (SSSR count). The van der Waals surface area contributed by atoms with Gasteiger partial charge in [0.1, 0.15) is 0 Å². The van der Waals surface area contributed by atoms with Gasteiger partial charge in [-0.2, -0.15) is 35.3 Å². The molecule has 0 bridgehead atoms. The van der Waals surface area contributed by atoms with Crippen molar-refractivity contribution in [2.24, 2.45) is 0 Å². The Balaban J connectivity index is 4.20. The zero-order chi connectivity index (χ0) is 17.4. The molecule has 6 nitrogen and oxygen atoms in total. The van der Waals surface area contributed by atoms with Crippen LogP contribution in [-0.4, -0.2) is 46.2 Å². The summed E-state index contributed by atoms with van der Waals surface area (Å²) in [7, 11) is -6.36. The minimum Gasteiger partial charge on any atom is -0.379 e. The van der Waals surface area contributed by atoms with Crippen molar-refractivity contribution in [1.29, 1.82) is 0 Å². The minimum atomic E-state index is -6.36. The topological polar surface area (TPSA) is 71.1 Å². The molecule has 0 aromatic heterocycles. The van der Waals surface area contributed by atoms with E-state index in [1.165, 1.54) is 0 Å². The van der Waals surface area contributed by atoms with Gasteiger partial charge in [0, 0.05) is 6.61 Å². The molecule has 0 aromatic carbocycles. The van der Waals surface area contributed by atoms with Gasteiger partial charge in [-0.1, -0.05) is 17.7 Å². The Hall–Kier alpha value is -0.630. The molecule has 0 aliphatic carbocycles. The number of rotatable bonds is 11. The van der Waals surface area contributed by atoms with Crippen molar-refractivity contribution in [1.82, 2.24) is 0 Å². The zero-order valence-electron chi connectivity index (χ0n) is 11.2. The molecule has 0 heterocycles. The molecular weight excluding hydrogens is 350 g/mol. The quantitative estimate of drug-likeness (QED) is 0.184. The summed E-state index contributed by atoms with van der Waals surface area (Å²) in [6, 6.07) is 0. The Morgan fingerprint density at radius 2 is 1.64 bits per heavy atom. The largest absolute Gasteiger partial charge is 0.525 e. The van der Waals surface area contributed by atoms with Crippen LogP contribution in [0.25, 0.3) is 0 Å². The molecule has 134 valence electrons. The average Bonchev–Trinajstić information content (AvgIpc) is 2.38. The maximum absolute atomic E-state index is 12.9. The highest BCUT2D eigenvalue weighted by Crippen LogP contribution is 2.28. The minimum absolute atomic E-state index is 0.258. The first-order chi connectivity index (χ1) is 9.94. The van der Waals surface area contributed by atoms with Gasteiger partial charge in [0.25, 0.3) is 0 Å². The lowest BCUT2D eigenvalue weighted by Gasteiger charge is -2.19. The molecule has 0 saturated heterocycles. The molecule has 0 aliphatic heterocycles. The van der Waals surface area contributed by atoms with Crippen LogP contribution < -0.4 is 0 Å². The number of hydrogen-bond donors (Lipinski definition) is 0. The average molecular weight is 364 g/mol. The van der Waals surface area contributed by atoms with Crippen molar-refractivity contribution in [3.05, 3.63) is 0 Å². The Morgan fingerprint density at radius 1 is 1.05 bits per heavy atom. The van der Waals surface area contributed by atoms with E-state index in [-0.39, 0.29) is 13.2 Å². The normalized spacial score (nSPS) is 15.0. The van der Waals surface area contributed by atoms with Crippen LogP contribution in [0, 0.1) is 0 Å². The van der Waals surface area contributed by atoms with Crippen LogP contribution in [0.1, 0.15) is 19.8 Å². The molecule has 0 N–H and O–H groups in total. The van der Waals surface area contributed by atoms with Crippen molar-refractivity contribution in [2.75, 3.05) is 19.8 Å². The van der Waals surface area contributed by atoms with Crippen molar-refractivity contribution < 1.29 is 53.5 Å². The first-order valence-corrected chi connectivity index (χ1v) is 7.24. The lowest BCUT2D eigenvalue weighted by atomic mass is 10.4. The van der Waals surface area contributed by atoms with E-state index in [4.69, 9.17) is 4.74 Å². The van der Waals surface area contributed by atoms with Gasteiger partial charge in [-0.15, -0.1) is 0 Å². The highest BCUT2D eigenvalue weighted by molar-refractivity contribution is 7.87. The summed E-state index contributed by atoms with van der Waals surface area (Å²) in [5, 5.41) is 0. The highest BCUT2D eigenvalue weighted by Gasteiger charge is 2.51. The molecule has 0 radical (unpaired) electrons. The standard InChI is InChI=1S/C9H14F6O6S/c1-2-3-4-18-5-6-19-8(11,12)7(10)20-21-22(16,17)9(13,14)15/h7H,2-6H2,1H3. The Labute approximate surface area is 122 Å². The van der Waals surface area contributed by atoms with Crippen LogP contribution in [0.4, 0.5) is 26.3 Å². The fourth-order valence-corrected chi connectivity index (χ4v) is 1.08. The Bertz CT molecular complexity index is 411. The van der Waals surface area contributed by atoms with E-state index in [2.05, 4.69) is 14.0 Å². The molecule has 13 heteroatoms. The van der Waals surface area contributed by atoms with Gasteiger partial charge in [0.05, 0.1) is 13.2 Å². The molecule has 0 aromatic rings. The van der Waals surface area contributed by atoms with Crippen LogP contribution in [0.2, 0.25) is 0 Å². The molecule has 1 atom stereocenters.